The minimum atomic E-state index is -0.107. The van der Waals surface area contributed by atoms with E-state index < -0.39 is 0 Å². The average molecular weight is 380 g/mol. The van der Waals surface area contributed by atoms with Gasteiger partial charge < -0.3 is 10.2 Å². The van der Waals surface area contributed by atoms with Crippen molar-refractivity contribution in [2.24, 2.45) is 0 Å². The van der Waals surface area contributed by atoms with Crippen LogP contribution >= 0.6 is 11.6 Å². The van der Waals surface area contributed by atoms with Crippen LogP contribution in [0.2, 0.25) is 5.02 Å². The van der Waals surface area contributed by atoms with Crippen LogP contribution in [-0.4, -0.2) is 25.5 Å². The Bertz CT molecular complexity index is 945. The smallest absolute Gasteiger partial charge is 0.253 e. The number of likely N-dealkylation sites (tertiary alicyclic amines) is 1. The lowest BCUT2D eigenvalue weighted by atomic mass is 9.97. The Morgan fingerprint density at radius 3 is 2.48 bits per heavy atom. The molecule has 0 saturated carbocycles. The van der Waals surface area contributed by atoms with Gasteiger partial charge in [-0.2, -0.15) is 0 Å². The zero-order valence-corrected chi connectivity index (χ0v) is 16.0. The average Bonchev–Trinajstić information content (AvgIpc) is 3.23. The first-order valence-corrected chi connectivity index (χ1v) is 9.97. The second-order valence-electron chi connectivity index (χ2n) is 7.18. The maximum atomic E-state index is 12.7. The molecular weight excluding hydrogens is 356 g/mol. The van der Waals surface area contributed by atoms with Gasteiger partial charge in [-0.05, 0) is 22.9 Å². The van der Waals surface area contributed by atoms with E-state index in [1.54, 1.807) is 17.0 Å². The maximum Gasteiger partial charge on any atom is 0.253 e. The molecule has 4 heteroatoms. The summed E-state index contributed by atoms with van der Waals surface area (Å²) < 4.78 is 0. The molecule has 27 heavy (non-hydrogen) atoms. The summed E-state index contributed by atoms with van der Waals surface area (Å²) in [5.74, 6) is -0.107. The zero-order chi connectivity index (χ0) is 18.6. The number of quaternary nitrogens is 1. The summed E-state index contributed by atoms with van der Waals surface area (Å²) in [6.45, 7) is 2.90. The van der Waals surface area contributed by atoms with Crippen molar-refractivity contribution in [2.45, 2.75) is 18.9 Å². The third kappa shape index (κ3) is 3.85. The van der Waals surface area contributed by atoms with Gasteiger partial charge in [-0.25, -0.2) is 0 Å². The highest BCUT2D eigenvalue weighted by molar-refractivity contribution is 6.33. The summed E-state index contributed by atoms with van der Waals surface area (Å²) in [7, 11) is 0. The van der Waals surface area contributed by atoms with Gasteiger partial charge in [0.25, 0.3) is 5.91 Å². The summed E-state index contributed by atoms with van der Waals surface area (Å²) >= 11 is 6.19. The van der Waals surface area contributed by atoms with E-state index in [1.165, 1.54) is 29.2 Å². The molecule has 0 aliphatic carbocycles. The molecule has 1 aliphatic heterocycles. The van der Waals surface area contributed by atoms with Gasteiger partial charge in [0.15, 0.2) is 0 Å². The predicted molar refractivity (Wildman–Crippen MR) is 110 cm³/mol. The fraction of sp³-hybridized carbons (Fsp3) is 0.261. The SMILES string of the molecule is O=C(NC[C@@H](c1cccc2ccccc12)[NH+]1CCCC1)c1ccccc1Cl. The number of carbonyl (C=O) groups is 1. The highest BCUT2D eigenvalue weighted by Crippen LogP contribution is 2.23. The number of fused-ring (bicyclic) bond motifs is 1. The first-order chi connectivity index (χ1) is 13.2. The normalized spacial score (nSPS) is 15.7. The number of amides is 1. The highest BCUT2D eigenvalue weighted by atomic mass is 35.5. The van der Waals surface area contributed by atoms with Crippen molar-refractivity contribution in [1.82, 2.24) is 5.32 Å². The standard InChI is InChI=1S/C23H23ClN2O/c24-21-13-4-3-11-20(21)23(27)25-16-22(26-14-5-6-15-26)19-12-7-9-17-8-1-2-10-18(17)19/h1-4,7-13,22H,5-6,14-16H2,(H,25,27)/p+1/t22-/m0/s1. The van der Waals surface area contributed by atoms with Crippen molar-refractivity contribution >= 4 is 28.3 Å². The predicted octanol–water partition coefficient (Wildman–Crippen LogP) is 3.64. The van der Waals surface area contributed by atoms with Crippen molar-refractivity contribution < 1.29 is 9.69 Å². The molecule has 1 saturated heterocycles. The van der Waals surface area contributed by atoms with E-state index in [9.17, 15) is 4.79 Å². The third-order valence-electron chi connectivity index (χ3n) is 5.52. The lowest BCUT2D eigenvalue weighted by Crippen LogP contribution is -3.11. The Morgan fingerprint density at radius 2 is 1.67 bits per heavy atom. The number of hydrogen-bond acceptors (Lipinski definition) is 1. The van der Waals surface area contributed by atoms with E-state index in [-0.39, 0.29) is 11.9 Å². The first-order valence-electron chi connectivity index (χ1n) is 9.59. The first kappa shape index (κ1) is 18.0. The van der Waals surface area contributed by atoms with Gasteiger partial charge in [0, 0.05) is 18.4 Å². The molecule has 0 bridgehead atoms. The molecule has 3 aromatic rings. The zero-order valence-electron chi connectivity index (χ0n) is 15.2. The Morgan fingerprint density at radius 1 is 0.963 bits per heavy atom. The molecule has 1 heterocycles. The lowest BCUT2D eigenvalue weighted by molar-refractivity contribution is -0.918. The van der Waals surface area contributed by atoms with Gasteiger partial charge in [0.2, 0.25) is 0 Å². The van der Waals surface area contributed by atoms with Gasteiger partial charge >= 0.3 is 0 Å². The molecule has 1 amide bonds. The van der Waals surface area contributed by atoms with Crippen LogP contribution in [0.5, 0.6) is 0 Å². The van der Waals surface area contributed by atoms with Gasteiger partial charge in [-0.1, -0.05) is 66.2 Å². The Labute approximate surface area is 164 Å². The number of carbonyl (C=O) groups excluding carboxylic acids is 1. The largest absolute Gasteiger partial charge is 0.346 e. The van der Waals surface area contributed by atoms with Crippen LogP contribution in [0.3, 0.4) is 0 Å². The number of benzene rings is 3. The maximum absolute atomic E-state index is 12.7. The van der Waals surface area contributed by atoms with Crippen molar-refractivity contribution in [1.29, 1.82) is 0 Å². The lowest BCUT2D eigenvalue weighted by Gasteiger charge is -2.26. The Balaban J connectivity index is 1.62. The summed E-state index contributed by atoms with van der Waals surface area (Å²) in [6.07, 6.45) is 2.49. The quantitative estimate of drug-likeness (QED) is 0.697. The van der Waals surface area contributed by atoms with Crippen molar-refractivity contribution in [2.75, 3.05) is 19.6 Å². The molecule has 0 unspecified atom stereocenters. The third-order valence-corrected chi connectivity index (χ3v) is 5.85. The summed E-state index contributed by atoms with van der Waals surface area (Å²) in [5, 5.41) is 6.15. The number of rotatable bonds is 5. The molecule has 2 N–H and O–H groups in total. The summed E-state index contributed by atoms with van der Waals surface area (Å²) in [6, 6.07) is 22.4. The van der Waals surface area contributed by atoms with E-state index in [1.807, 2.05) is 12.1 Å². The molecular formula is C23H24ClN2O+. The van der Waals surface area contributed by atoms with Crippen LogP contribution in [-0.2, 0) is 0 Å². The van der Waals surface area contributed by atoms with E-state index >= 15 is 0 Å². The van der Waals surface area contributed by atoms with Crippen molar-refractivity contribution in [3.63, 3.8) is 0 Å². The monoisotopic (exact) mass is 379 g/mol. The van der Waals surface area contributed by atoms with Gasteiger partial charge in [0.05, 0.1) is 30.2 Å². The fourth-order valence-electron chi connectivity index (χ4n) is 4.14. The van der Waals surface area contributed by atoms with Gasteiger partial charge in [-0.15, -0.1) is 0 Å². The van der Waals surface area contributed by atoms with E-state index in [4.69, 9.17) is 11.6 Å². The van der Waals surface area contributed by atoms with E-state index in [2.05, 4.69) is 47.8 Å². The minimum absolute atomic E-state index is 0.107. The molecule has 3 aromatic carbocycles. The highest BCUT2D eigenvalue weighted by Gasteiger charge is 2.29. The van der Waals surface area contributed by atoms with Crippen LogP contribution < -0.4 is 10.2 Å². The molecule has 3 nitrogen and oxygen atoms in total. The molecule has 0 radical (unpaired) electrons. The number of hydrogen-bond donors (Lipinski definition) is 2. The van der Waals surface area contributed by atoms with Crippen LogP contribution in [0.15, 0.2) is 66.7 Å². The van der Waals surface area contributed by atoms with Crippen LogP contribution in [0.1, 0.15) is 34.8 Å². The Kier molecular flexibility index (Phi) is 5.42. The second-order valence-corrected chi connectivity index (χ2v) is 7.58. The molecule has 0 spiro atoms. The number of halogens is 1. The molecule has 4 rings (SSSR count). The molecule has 1 atom stereocenters. The van der Waals surface area contributed by atoms with Gasteiger partial charge in [-0.3, -0.25) is 4.79 Å². The summed E-state index contributed by atoms with van der Waals surface area (Å²) in [4.78, 5) is 14.2. The molecule has 1 fully saturated rings. The van der Waals surface area contributed by atoms with E-state index in [0.717, 1.165) is 13.1 Å². The fourth-order valence-corrected chi connectivity index (χ4v) is 4.36. The van der Waals surface area contributed by atoms with Crippen LogP contribution in [0.4, 0.5) is 0 Å². The second kappa shape index (κ2) is 8.12. The topological polar surface area (TPSA) is 33.5 Å². The molecule has 0 aromatic heterocycles. The van der Waals surface area contributed by atoms with E-state index in [0.29, 0.717) is 17.1 Å². The van der Waals surface area contributed by atoms with Crippen molar-refractivity contribution in [3.8, 4) is 0 Å². The molecule has 138 valence electrons. The van der Waals surface area contributed by atoms with Crippen LogP contribution in [0.25, 0.3) is 10.8 Å². The van der Waals surface area contributed by atoms with Gasteiger partial charge in [0.1, 0.15) is 6.04 Å². The number of nitrogens with one attached hydrogen (secondary N) is 2. The Hall–Kier alpha value is -2.36. The van der Waals surface area contributed by atoms with Crippen LogP contribution in [0, 0.1) is 0 Å². The van der Waals surface area contributed by atoms with Crippen molar-refractivity contribution in [3.05, 3.63) is 82.9 Å². The molecule has 1 aliphatic rings. The summed E-state index contributed by atoms with van der Waals surface area (Å²) in [5.41, 5.74) is 1.84. The minimum Gasteiger partial charge on any atom is -0.346 e.